The van der Waals surface area contributed by atoms with Gasteiger partial charge in [-0.3, -0.25) is 4.79 Å². The van der Waals surface area contributed by atoms with Gasteiger partial charge in [0.1, 0.15) is 0 Å². The van der Waals surface area contributed by atoms with Crippen LogP contribution in [0.5, 0.6) is 5.75 Å². The number of para-hydroxylation sites is 1. The monoisotopic (exact) mass is 239 g/mol. The van der Waals surface area contributed by atoms with Crippen molar-refractivity contribution in [1.29, 1.82) is 0 Å². The lowest BCUT2D eigenvalue weighted by Gasteiger charge is -2.18. The smallest absolute Gasteiger partial charge is 0.225 e. The molecule has 3 nitrogen and oxygen atoms in total. The molecular formula is C13H18FNO2. The number of carbonyl (C=O) groups excluding carboxylic acids is 1. The Kier molecular flexibility index (Phi) is 5.46. The van der Waals surface area contributed by atoms with Crippen molar-refractivity contribution in [2.45, 2.75) is 20.3 Å². The van der Waals surface area contributed by atoms with Crippen molar-refractivity contribution in [3.63, 3.8) is 0 Å². The Hall–Kier alpha value is -1.58. The Morgan fingerprint density at radius 2 is 1.94 bits per heavy atom. The standard InChI is InChI=1S/C13H18FNO2/c1-3-15(4-2)13(16)9-10-17-12-8-6-5-7-11(12)14/h5-8H,3-4,9-10H2,1-2H3. The molecule has 0 saturated carbocycles. The molecule has 0 unspecified atom stereocenters. The topological polar surface area (TPSA) is 29.5 Å². The summed E-state index contributed by atoms with van der Waals surface area (Å²) < 4.78 is 18.4. The van der Waals surface area contributed by atoms with Crippen LogP contribution in [0.4, 0.5) is 4.39 Å². The lowest BCUT2D eigenvalue weighted by molar-refractivity contribution is -0.131. The predicted molar refractivity (Wildman–Crippen MR) is 64.4 cm³/mol. The summed E-state index contributed by atoms with van der Waals surface area (Å²) in [4.78, 5) is 13.4. The highest BCUT2D eigenvalue weighted by atomic mass is 19.1. The van der Waals surface area contributed by atoms with E-state index < -0.39 is 5.82 Å². The van der Waals surface area contributed by atoms with Crippen LogP contribution >= 0.6 is 0 Å². The molecule has 0 saturated heterocycles. The molecule has 1 aromatic rings. The number of benzene rings is 1. The quantitative estimate of drug-likeness (QED) is 0.763. The second-order valence-electron chi connectivity index (χ2n) is 3.59. The molecule has 0 aliphatic heterocycles. The van der Waals surface area contributed by atoms with E-state index >= 15 is 0 Å². The second kappa shape index (κ2) is 6.89. The summed E-state index contributed by atoms with van der Waals surface area (Å²) >= 11 is 0. The molecule has 1 rings (SSSR count). The summed E-state index contributed by atoms with van der Waals surface area (Å²) in [5, 5.41) is 0. The fraction of sp³-hybridized carbons (Fsp3) is 0.462. The van der Waals surface area contributed by atoms with E-state index in [0.29, 0.717) is 13.1 Å². The summed E-state index contributed by atoms with van der Waals surface area (Å²) in [6.07, 6.45) is 0.274. The van der Waals surface area contributed by atoms with Gasteiger partial charge in [-0.1, -0.05) is 12.1 Å². The molecule has 1 aromatic carbocycles. The fourth-order valence-electron chi connectivity index (χ4n) is 1.54. The van der Waals surface area contributed by atoms with E-state index in [0.717, 1.165) is 0 Å². The minimum Gasteiger partial charge on any atom is -0.490 e. The van der Waals surface area contributed by atoms with E-state index in [9.17, 15) is 9.18 Å². The maximum absolute atomic E-state index is 13.2. The first-order chi connectivity index (χ1) is 8.19. The maximum atomic E-state index is 13.2. The van der Waals surface area contributed by atoms with Gasteiger partial charge in [-0.25, -0.2) is 4.39 Å². The van der Waals surface area contributed by atoms with E-state index in [1.165, 1.54) is 6.07 Å². The number of carbonyl (C=O) groups is 1. The third-order valence-electron chi connectivity index (χ3n) is 2.53. The van der Waals surface area contributed by atoms with Crippen molar-refractivity contribution >= 4 is 5.91 Å². The highest BCUT2D eigenvalue weighted by molar-refractivity contribution is 5.76. The lowest BCUT2D eigenvalue weighted by Crippen LogP contribution is -2.31. The molecule has 0 atom stereocenters. The van der Waals surface area contributed by atoms with Gasteiger partial charge in [0.25, 0.3) is 0 Å². The zero-order chi connectivity index (χ0) is 12.7. The van der Waals surface area contributed by atoms with Gasteiger partial charge in [0, 0.05) is 13.1 Å². The number of nitrogens with zero attached hydrogens (tertiary/aromatic N) is 1. The van der Waals surface area contributed by atoms with Crippen LogP contribution in [0.3, 0.4) is 0 Å². The van der Waals surface area contributed by atoms with Crippen LogP contribution in [0.1, 0.15) is 20.3 Å². The molecule has 0 aromatic heterocycles. The molecule has 0 bridgehead atoms. The van der Waals surface area contributed by atoms with Crippen LogP contribution in [-0.2, 0) is 4.79 Å². The molecule has 17 heavy (non-hydrogen) atoms. The van der Waals surface area contributed by atoms with Crippen LogP contribution in [0.15, 0.2) is 24.3 Å². The summed E-state index contributed by atoms with van der Waals surface area (Å²) in [6.45, 7) is 5.44. The third-order valence-corrected chi connectivity index (χ3v) is 2.53. The van der Waals surface area contributed by atoms with E-state index in [2.05, 4.69) is 0 Å². The number of hydrogen-bond donors (Lipinski definition) is 0. The molecule has 0 fully saturated rings. The van der Waals surface area contributed by atoms with Crippen LogP contribution in [0, 0.1) is 5.82 Å². The summed E-state index contributed by atoms with van der Waals surface area (Å²) in [5.74, 6) is -0.172. The van der Waals surface area contributed by atoms with Crippen molar-refractivity contribution in [3.05, 3.63) is 30.1 Å². The molecule has 4 heteroatoms. The van der Waals surface area contributed by atoms with Gasteiger partial charge in [-0.2, -0.15) is 0 Å². The first kappa shape index (κ1) is 13.5. The Morgan fingerprint density at radius 3 is 2.53 bits per heavy atom. The van der Waals surface area contributed by atoms with Gasteiger partial charge in [-0.05, 0) is 26.0 Å². The van der Waals surface area contributed by atoms with Crippen molar-refractivity contribution in [3.8, 4) is 5.75 Å². The van der Waals surface area contributed by atoms with Crippen LogP contribution in [0.25, 0.3) is 0 Å². The third kappa shape index (κ3) is 4.06. The SMILES string of the molecule is CCN(CC)C(=O)CCOc1ccccc1F. The number of amides is 1. The molecule has 0 N–H and O–H groups in total. The summed E-state index contributed by atoms with van der Waals surface area (Å²) in [6, 6.07) is 6.19. The first-order valence-corrected chi connectivity index (χ1v) is 5.84. The molecule has 0 radical (unpaired) electrons. The molecule has 1 amide bonds. The molecule has 0 aliphatic rings. The van der Waals surface area contributed by atoms with E-state index in [1.54, 1.807) is 23.1 Å². The van der Waals surface area contributed by atoms with Crippen LogP contribution in [0.2, 0.25) is 0 Å². The largest absolute Gasteiger partial charge is 0.490 e. The van der Waals surface area contributed by atoms with Gasteiger partial charge >= 0.3 is 0 Å². The number of rotatable bonds is 6. The lowest BCUT2D eigenvalue weighted by atomic mass is 10.3. The maximum Gasteiger partial charge on any atom is 0.225 e. The number of halogens is 1. The fourth-order valence-corrected chi connectivity index (χ4v) is 1.54. The highest BCUT2D eigenvalue weighted by Gasteiger charge is 2.09. The van der Waals surface area contributed by atoms with Crippen molar-refractivity contribution in [1.82, 2.24) is 4.90 Å². The van der Waals surface area contributed by atoms with Crippen molar-refractivity contribution in [2.75, 3.05) is 19.7 Å². The van der Waals surface area contributed by atoms with E-state index in [-0.39, 0.29) is 24.7 Å². The van der Waals surface area contributed by atoms with Crippen LogP contribution in [-0.4, -0.2) is 30.5 Å². The highest BCUT2D eigenvalue weighted by Crippen LogP contribution is 2.15. The molecule has 0 spiro atoms. The second-order valence-corrected chi connectivity index (χ2v) is 3.59. The summed E-state index contributed by atoms with van der Waals surface area (Å²) in [5.41, 5.74) is 0. The van der Waals surface area contributed by atoms with Crippen LogP contribution < -0.4 is 4.74 Å². The van der Waals surface area contributed by atoms with E-state index in [1.807, 2.05) is 13.8 Å². The number of hydrogen-bond acceptors (Lipinski definition) is 2. The normalized spacial score (nSPS) is 10.1. The number of ether oxygens (including phenoxy) is 1. The Labute approximate surface area is 101 Å². The van der Waals surface area contributed by atoms with Crippen molar-refractivity contribution < 1.29 is 13.9 Å². The molecule has 0 aliphatic carbocycles. The van der Waals surface area contributed by atoms with Gasteiger partial charge in [0.15, 0.2) is 11.6 Å². The molecular weight excluding hydrogens is 221 g/mol. The average molecular weight is 239 g/mol. The van der Waals surface area contributed by atoms with Crippen molar-refractivity contribution in [2.24, 2.45) is 0 Å². The zero-order valence-electron chi connectivity index (χ0n) is 10.3. The summed E-state index contributed by atoms with van der Waals surface area (Å²) in [7, 11) is 0. The van der Waals surface area contributed by atoms with E-state index in [4.69, 9.17) is 4.74 Å². The molecule has 0 heterocycles. The van der Waals surface area contributed by atoms with Gasteiger partial charge < -0.3 is 9.64 Å². The Bertz CT molecular complexity index is 364. The Morgan fingerprint density at radius 1 is 1.29 bits per heavy atom. The average Bonchev–Trinajstić information content (AvgIpc) is 2.33. The minimum absolute atomic E-state index is 0.0336. The minimum atomic E-state index is -0.400. The molecule has 94 valence electrons. The zero-order valence-corrected chi connectivity index (χ0v) is 10.3. The first-order valence-electron chi connectivity index (χ1n) is 5.84. The van der Waals surface area contributed by atoms with Gasteiger partial charge in [0.2, 0.25) is 5.91 Å². The van der Waals surface area contributed by atoms with Gasteiger partial charge in [-0.15, -0.1) is 0 Å². The van der Waals surface area contributed by atoms with Gasteiger partial charge in [0.05, 0.1) is 13.0 Å². The predicted octanol–water partition coefficient (Wildman–Crippen LogP) is 2.46. The Balaban J connectivity index is 2.38.